The molecule has 0 aromatic heterocycles. The lowest BCUT2D eigenvalue weighted by Crippen LogP contribution is -2.22. The Labute approximate surface area is 114 Å². The van der Waals surface area contributed by atoms with Crippen LogP contribution >= 0.6 is 0 Å². The van der Waals surface area contributed by atoms with Gasteiger partial charge in [0.25, 0.3) is 0 Å². The van der Waals surface area contributed by atoms with Crippen molar-refractivity contribution in [3.63, 3.8) is 0 Å². The Bertz CT molecular complexity index is 416. The molecule has 1 aromatic rings. The number of hydrogen-bond donors (Lipinski definition) is 2. The van der Waals surface area contributed by atoms with Gasteiger partial charge in [-0.2, -0.15) is 0 Å². The summed E-state index contributed by atoms with van der Waals surface area (Å²) in [6.45, 7) is 4.01. The minimum absolute atomic E-state index is 0.137. The van der Waals surface area contributed by atoms with Gasteiger partial charge in [0.15, 0.2) is 0 Å². The molecule has 106 valence electrons. The van der Waals surface area contributed by atoms with Crippen LogP contribution in [0.3, 0.4) is 0 Å². The average molecular weight is 265 g/mol. The number of anilines is 1. The molecule has 0 heterocycles. The lowest BCUT2D eigenvalue weighted by Gasteiger charge is -2.20. The summed E-state index contributed by atoms with van der Waals surface area (Å²) >= 11 is 0. The summed E-state index contributed by atoms with van der Waals surface area (Å²) in [5, 5.41) is 19.3. The molecule has 0 saturated heterocycles. The molecule has 1 aliphatic rings. The molecule has 1 saturated carbocycles. The van der Waals surface area contributed by atoms with Crippen LogP contribution in [0.2, 0.25) is 0 Å². The zero-order valence-corrected chi connectivity index (χ0v) is 11.7. The minimum Gasteiger partial charge on any atom is -0.507 e. The number of ether oxygens (including phenoxy) is 1. The molecule has 2 rings (SSSR count). The maximum atomic E-state index is 9.85. The number of rotatable bonds is 7. The Kier molecular flexibility index (Phi) is 4.66. The van der Waals surface area contributed by atoms with Crippen molar-refractivity contribution >= 4 is 5.69 Å². The van der Waals surface area contributed by atoms with E-state index in [4.69, 9.17) is 4.74 Å². The van der Waals surface area contributed by atoms with Gasteiger partial charge in [0.1, 0.15) is 5.75 Å². The molecule has 0 aliphatic heterocycles. The molecule has 1 fully saturated rings. The van der Waals surface area contributed by atoms with Gasteiger partial charge in [0.2, 0.25) is 0 Å². The number of aliphatic hydroxyl groups is 1. The molecule has 4 nitrogen and oxygen atoms in total. The average Bonchev–Trinajstić information content (AvgIpc) is 3.17. The first kappa shape index (κ1) is 14.2. The molecule has 0 bridgehead atoms. The quantitative estimate of drug-likeness (QED) is 0.743. The van der Waals surface area contributed by atoms with Gasteiger partial charge in [0.05, 0.1) is 12.7 Å². The van der Waals surface area contributed by atoms with E-state index in [1.54, 1.807) is 19.1 Å². The van der Waals surface area contributed by atoms with E-state index in [9.17, 15) is 10.2 Å². The van der Waals surface area contributed by atoms with Gasteiger partial charge >= 0.3 is 0 Å². The van der Waals surface area contributed by atoms with Crippen LogP contribution in [-0.2, 0) is 4.74 Å². The number of aliphatic hydroxyl groups excluding tert-OH is 1. The Morgan fingerprint density at radius 1 is 1.42 bits per heavy atom. The van der Waals surface area contributed by atoms with Crippen LogP contribution in [0.25, 0.3) is 0 Å². The Balaban J connectivity index is 1.83. The first-order valence-corrected chi connectivity index (χ1v) is 6.88. The highest BCUT2D eigenvalue weighted by molar-refractivity contribution is 5.53. The molecule has 0 spiro atoms. The Hall–Kier alpha value is -1.26. The molecule has 2 N–H and O–H groups in total. The van der Waals surface area contributed by atoms with Crippen molar-refractivity contribution < 1.29 is 14.9 Å². The van der Waals surface area contributed by atoms with Gasteiger partial charge in [-0.05, 0) is 31.7 Å². The number of likely N-dealkylation sites (N-methyl/N-ethyl adjacent to an activating group) is 1. The monoisotopic (exact) mass is 265 g/mol. The van der Waals surface area contributed by atoms with Gasteiger partial charge in [0, 0.05) is 37.5 Å². The zero-order valence-electron chi connectivity index (χ0n) is 11.7. The summed E-state index contributed by atoms with van der Waals surface area (Å²) < 4.78 is 5.60. The number of hydrogen-bond acceptors (Lipinski definition) is 4. The van der Waals surface area contributed by atoms with Crippen LogP contribution in [0.15, 0.2) is 18.2 Å². The van der Waals surface area contributed by atoms with Gasteiger partial charge in [-0.25, -0.2) is 0 Å². The van der Waals surface area contributed by atoms with Crippen LogP contribution in [0, 0.1) is 5.92 Å². The third-order valence-electron chi connectivity index (χ3n) is 3.53. The number of benzene rings is 1. The molecule has 1 unspecified atom stereocenters. The summed E-state index contributed by atoms with van der Waals surface area (Å²) in [4.78, 5) is 2.04. The second-order valence-corrected chi connectivity index (χ2v) is 5.36. The lowest BCUT2D eigenvalue weighted by molar-refractivity contribution is 0.131. The van der Waals surface area contributed by atoms with Gasteiger partial charge < -0.3 is 19.8 Å². The van der Waals surface area contributed by atoms with Crippen molar-refractivity contribution in [3.8, 4) is 5.75 Å². The third-order valence-corrected chi connectivity index (χ3v) is 3.53. The summed E-state index contributed by atoms with van der Waals surface area (Å²) in [6, 6.07) is 5.35. The Morgan fingerprint density at radius 2 is 2.16 bits per heavy atom. The molecular weight excluding hydrogens is 242 g/mol. The van der Waals surface area contributed by atoms with Crippen molar-refractivity contribution in [1.82, 2.24) is 0 Å². The number of phenols is 1. The van der Waals surface area contributed by atoms with Gasteiger partial charge in [-0.1, -0.05) is 6.07 Å². The van der Waals surface area contributed by atoms with E-state index in [-0.39, 0.29) is 5.75 Å². The van der Waals surface area contributed by atoms with Crippen LogP contribution in [0.1, 0.15) is 31.4 Å². The van der Waals surface area contributed by atoms with Crippen molar-refractivity contribution in [2.75, 3.05) is 31.7 Å². The SMILES string of the molecule is CC(O)c1ccc(N(C)CCOCC2CC2)cc1O. The second-order valence-electron chi connectivity index (χ2n) is 5.36. The third kappa shape index (κ3) is 4.11. The summed E-state index contributed by atoms with van der Waals surface area (Å²) in [6.07, 6.45) is 1.97. The summed E-state index contributed by atoms with van der Waals surface area (Å²) in [5.41, 5.74) is 1.49. The zero-order chi connectivity index (χ0) is 13.8. The molecule has 0 radical (unpaired) electrons. The van der Waals surface area contributed by atoms with E-state index >= 15 is 0 Å². The van der Waals surface area contributed by atoms with E-state index in [1.807, 2.05) is 18.0 Å². The predicted octanol–water partition coefficient (Wildman–Crippen LogP) is 2.31. The molecule has 4 heteroatoms. The van der Waals surface area contributed by atoms with E-state index in [2.05, 4.69) is 0 Å². The lowest BCUT2D eigenvalue weighted by atomic mass is 10.1. The highest BCUT2D eigenvalue weighted by atomic mass is 16.5. The van der Waals surface area contributed by atoms with E-state index in [0.29, 0.717) is 12.2 Å². The molecule has 1 aliphatic carbocycles. The fourth-order valence-corrected chi connectivity index (χ4v) is 1.99. The summed E-state index contributed by atoms with van der Waals surface area (Å²) in [5.74, 6) is 0.929. The molecule has 1 aromatic carbocycles. The molecule has 19 heavy (non-hydrogen) atoms. The van der Waals surface area contributed by atoms with E-state index in [0.717, 1.165) is 24.8 Å². The van der Waals surface area contributed by atoms with Gasteiger partial charge in [-0.15, -0.1) is 0 Å². The largest absolute Gasteiger partial charge is 0.507 e. The minimum atomic E-state index is -0.652. The fraction of sp³-hybridized carbons (Fsp3) is 0.600. The first-order valence-electron chi connectivity index (χ1n) is 6.88. The van der Waals surface area contributed by atoms with Crippen LogP contribution in [0.5, 0.6) is 5.75 Å². The number of aromatic hydroxyl groups is 1. The van der Waals surface area contributed by atoms with Crippen LogP contribution in [0.4, 0.5) is 5.69 Å². The smallest absolute Gasteiger partial charge is 0.123 e. The molecule has 1 atom stereocenters. The van der Waals surface area contributed by atoms with E-state index < -0.39 is 6.10 Å². The maximum absolute atomic E-state index is 9.85. The van der Waals surface area contributed by atoms with E-state index in [1.165, 1.54) is 12.8 Å². The molecule has 0 amide bonds. The fourth-order valence-electron chi connectivity index (χ4n) is 1.99. The predicted molar refractivity (Wildman–Crippen MR) is 75.6 cm³/mol. The van der Waals surface area contributed by atoms with Crippen molar-refractivity contribution in [3.05, 3.63) is 23.8 Å². The summed E-state index contributed by atoms with van der Waals surface area (Å²) in [7, 11) is 1.97. The van der Waals surface area contributed by atoms with Crippen molar-refractivity contribution in [2.24, 2.45) is 5.92 Å². The van der Waals surface area contributed by atoms with Crippen LogP contribution in [-0.4, -0.2) is 37.0 Å². The first-order chi connectivity index (χ1) is 9.08. The van der Waals surface area contributed by atoms with Crippen molar-refractivity contribution in [2.45, 2.75) is 25.9 Å². The van der Waals surface area contributed by atoms with Crippen LogP contribution < -0.4 is 4.90 Å². The molecular formula is C15H23NO3. The normalized spacial score (nSPS) is 16.4. The highest BCUT2D eigenvalue weighted by Crippen LogP contribution is 2.29. The second kappa shape index (κ2) is 6.26. The number of nitrogens with zero attached hydrogens (tertiary/aromatic N) is 1. The Morgan fingerprint density at radius 3 is 2.74 bits per heavy atom. The highest BCUT2D eigenvalue weighted by Gasteiger charge is 2.21. The maximum Gasteiger partial charge on any atom is 0.123 e. The standard InChI is InChI=1S/C15H23NO3/c1-11(17)14-6-5-13(9-15(14)18)16(2)7-8-19-10-12-3-4-12/h5-6,9,11-12,17-18H,3-4,7-8,10H2,1-2H3. The topological polar surface area (TPSA) is 52.9 Å². The van der Waals surface area contributed by atoms with Gasteiger partial charge in [-0.3, -0.25) is 0 Å². The van der Waals surface area contributed by atoms with Crippen molar-refractivity contribution in [1.29, 1.82) is 0 Å². The number of phenolic OH excluding ortho intramolecular Hbond substituents is 1.